The standard InChI is InChI=1S/C7H14O4/c8-2-4-1-5(3-9)7(11)6(4)10/h4-11H,1-3H2/t4-,5-,6+,7?/m1/s1. The lowest BCUT2D eigenvalue weighted by molar-refractivity contribution is -0.0135. The van der Waals surface area contributed by atoms with E-state index in [9.17, 15) is 10.2 Å². The van der Waals surface area contributed by atoms with Crippen LogP contribution in [0, 0.1) is 11.8 Å². The molecule has 1 fully saturated rings. The van der Waals surface area contributed by atoms with Gasteiger partial charge in [-0.1, -0.05) is 0 Å². The maximum atomic E-state index is 9.24. The van der Waals surface area contributed by atoms with Gasteiger partial charge in [-0.2, -0.15) is 0 Å². The second-order valence-corrected chi connectivity index (χ2v) is 3.10. The number of hydrogen-bond donors (Lipinski definition) is 4. The van der Waals surface area contributed by atoms with Crippen LogP contribution in [-0.2, 0) is 0 Å². The number of rotatable bonds is 2. The van der Waals surface area contributed by atoms with Crippen LogP contribution in [0.3, 0.4) is 0 Å². The molecule has 0 aliphatic heterocycles. The Balaban J connectivity index is 2.53. The summed E-state index contributed by atoms with van der Waals surface area (Å²) in [7, 11) is 0. The second kappa shape index (κ2) is 3.49. The topological polar surface area (TPSA) is 80.9 Å². The molecule has 0 aromatic rings. The largest absolute Gasteiger partial charge is 0.396 e. The maximum absolute atomic E-state index is 9.24. The molecule has 4 atom stereocenters. The molecule has 4 nitrogen and oxygen atoms in total. The van der Waals surface area contributed by atoms with Gasteiger partial charge < -0.3 is 20.4 Å². The first-order valence-electron chi connectivity index (χ1n) is 3.78. The van der Waals surface area contributed by atoms with Crippen LogP contribution in [-0.4, -0.2) is 45.8 Å². The molecular formula is C7H14O4. The molecule has 11 heavy (non-hydrogen) atoms. The quantitative estimate of drug-likeness (QED) is 0.391. The zero-order chi connectivity index (χ0) is 8.43. The van der Waals surface area contributed by atoms with Crippen LogP contribution < -0.4 is 0 Å². The summed E-state index contributed by atoms with van der Waals surface area (Å²) in [6.45, 7) is -0.260. The Morgan fingerprint density at radius 1 is 0.909 bits per heavy atom. The third-order valence-corrected chi connectivity index (χ3v) is 2.39. The molecule has 0 aromatic heterocycles. The summed E-state index contributed by atoms with van der Waals surface area (Å²) < 4.78 is 0. The zero-order valence-electron chi connectivity index (χ0n) is 6.22. The molecule has 66 valence electrons. The van der Waals surface area contributed by atoms with Gasteiger partial charge in [-0.3, -0.25) is 0 Å². The summed E-state index contributed by atoms with van der Waals surface area (Å²) in [6, 6.07) is 0. The molecule has 1 aliphatic carbocycles. The highest BCUT2D eigenvalue weighted by Gasteiger charge is 2.40. The smallest absolute Gasteiger partial charge is 0.0852 e. The minimum atomic E-state index is -0.878. The molecule has 0 bridgehead atoms. The summed E-state index contributed by atoms with van der Waals surface area (Å²) in [6.07, 6.45) is -1.26. The van der Waals surface area contributed by atoms with Crippen molar-refractivity contribution in [3.8, 4) is 0 Å². The van der Waals surface area contributed by atoms with Crippen LogP contribution in [0.1, 0.15) is 6.42 Å². The Bertz CT molecular complexity index is 110. The number of aliphatic hydroxyl groups excluding tert-OH is 4. The number of hydrogen-bond acceptors (Lipinski definition) is 4. The average Bonchev–Trinajstić information content (AvgIpc) is 2.30. The lowest BCUT2D eigenvalue weighted by atomic mass is 10.1. The fourth-order valence-electron chi connectivity index (χ4n) is 1.59. The SMILES string of the molecule is OC[C@H]1C[C@H](CO)[C@H](O)C1O. The van der Waals surface area contributed by atoms with Crippen LogP contribution in [0.5, 0.6) is 0 Å². The molecule has 0 radical (unpaired) electrons. The van der Waals surface area contributed by atoms with Gasteiger partial charge in [-0.15, -0.1) is 0 Å². The third-order valence-electron chi connectivity index (χ3n) is 2.39. The minimum absolute atomic E-state index is 0.130. The van der Waals surface area contributed by atoms with Crippen molar-refractivity contribution >= 4 is 0 Å². The van der Waals surface area contributed by atoms with E-state index in [2.05, 4.69) is 0 Å². The van der Waals surface area contributed by atoms with E-state index in [0.29, 0.717) is 6.42 Å². The van der Waals surface area contributed by atoms with E-state index < -0.39 is 12.2 Å². The van der Waals surface area contributed by atoms with Crippen LogP contribution in [0.4, 0.5) is 0 Å². The van der Waals surface area contributed by atoms with Gasteiger partial charge in [0.15, 0.2) is 0 Å². The fourth-order valence-corrected chi connectivity index (χ4v) is 1.59. The van der Waals surface area contributed by atoms with Crippen LogP contribution in [0.2, 0.25) is 0 Å². The van der Waals surface area contributed by atoms with Gasteiger partial charge in [-0.05, 0) is 6.42 Å². The zero-order valence-corrected chi connectivity index (χ0v) is 6.22. The first kappa shape index (κ1) is 8.93. The molecule has 1 saturated carbocycles. The molecule has 0 aromatic carbocycles. The summed E-state index contributed by atoms with van der Waals surface area (Å²) in [5.74, 6) is -0.552. The van der Waals surface area contributed by atoms with Crippen molar-refractivity contribution in [1.82, 2.24) is 0 Å². The van der Waals surface area contributed by atoms with Gasteiger partial charge in [0.1, 0.15) is 0 Å². The normalized spacial score (nSPS) is 44.7. The van der Waals surface area contributed by atoms with E-state index >= 15 is 0 Å². The van der Waals surface area contributed by atoms with Crippen LogP contribution >= 0.6 is 0 Å². The van der Waals surface area contributed by atoms with Crippen LogP contribution in [0.25, 0.3) is 0 Å². The van der Waals surface area contributed by atoms with Gasteiger partial charge in [-0.25, -0.2) is 0 Å². The Labute approximate surface area is 65.1 Å². The van der Waals surface area contributed by atoms with E-state index in [0.717, 1.165) is 0 Å². The Kier molecular flexibility index (Phi) is 2.84. The van der Waals surface area contributed by atoms with Gasteiger partial charge in [0.05, 0.1) is 12.2 Å². The van der Waals surface area contributed by atoms with Crippen molar-refractivity contribution in [2.24, 2.45) is 11.8 Å². The maximum Gasteiger partial charge on any atom is 0.0852 e. The van der Waals surface area contributed by atoms with E-state index in [-0.39, 0.29) is 25.0 Å². The Morgan fingerprint density at radius 2 is 1.27 bits per heavy atom. The number of aliphatic hydroxyl groups is 4. The van der Waals surface area contributed by atoms with Crippen molar-refractivity contribution in [2.75, 3.05) is 13.2 Å². The predicted molar refractivity (Wildman–Crippen MR) is 37.8 cm³/mol. The monoisotopic (exact) mass is 162 g/mol. The highest BCUT2D eigenvalue weighted by atomic mass is 16.3. The highest BCUT2D eigenvalue weighted by molar-refractivity contribution is 4.90. The van der Waals surface area contributed by atoms with Gasteiger partial charge in [0.2, 0.25) is 0 Å². The van der Waals surface area contributed by atoms with Gasteiger partial charge in [0.25, 0.3) is 0 Å². The summed E-state index contributed by atoms with van der Waals surface area (Å²) in [4.78, 5) is 0. The average molecular weight is 162 g/mol. The third kappa shape index (κ3) is 1.54. The first-order chi connectivity index (χ1) is 5.20. The van der Waals surface area contributed by atoms with Crippen LogP contribution in [0.15, 0.2) is 0 Å². The molecule has 4 heteroatoms. The molecular weight excluding hydrogens is 148 g/mol. The fraction of sp³-hybridized carbons (Fsp3) is 1.00. The van der Waals surface area contributed by atoms with E-state index in [1.807, 2.05) is 0 Å². The van der Waals surface area contributed by atoms with Crippen molar-refractivity contribution in [3.63, 3.8) is 0 Å². The summed E-state index contributed by atoms with van der Waals surface area (Å²) in [5, 5.41) is 35.9. The molecule has 0 amide bonds. The van der Waals surface area contributed by atoms with Crippen molar-refractivity contribution < 1.29 is 20.4 Å². The Hall–Kier alpha value is -0.160. The lowest BCUT2D eigenvalue weighted by Crippen LogP contribution is -2.30. The van der Waals surface area contributed by atoms with Crippen molar-refractivity contribution in [1.29, 1.82) is 0 Å². The highest BCUT2D eigenvalue weighted by Crippen LogP contribution is 2.30. The van der Waals surface area contributed by atoms with Crippen molar-refractivity contribution in [2.45, 2.75) is 18.6 Å². The summed E-state index contributed by atoms with van der Waals surface area (Å²) >= 11 is 0. The first-order valence-corrected chi connectivity index (χ1v) is 3.78. The molecule has 0 saturated heterocycles. The van der Waals surface area contributed by atoms with E-state index in [1.54, 1.807) is 0 Å². The lowest BCUT2D eigenvalue weighted by Gasteiger charge is -2.14. The van der Waals surface area contributed by atoms with Gasteiger partial charge in [0, 0.05) is 25.0 Å². The van der Waals surface area contributed by atoms with E-state index in [1.165, 1.54) is 0 Å². The molecule has 4 N–H and O–H groups in total. The van der Waals surface area contributed by atoms with E-state index in [4.69, 9.17) is 10.2 Å². The second-order valence-electron chi connectivity index (χ2n) is 3.10. The molecule has 1 aliphatic rings. The molecule has 0 heterocycles. The minimum Gasteiger partial charge on any atom is -0.396 e. The molecule has 1 rings (SSSR count). The Morgan fingerprint density at radius 3 is 1.45 bits per heavy atom. The summed E-state index contributed by atoms with van der Waals surface area (Å²) in [5.41, 5.74) is 0. The predicted octanol–water partition coefficient (Wildman–Crippen LogP) is -1.67. The molecule has 0 spiro atoms. The van der Waals surface area contributed by atoms with Crippen molar-refractivity contribution in [3.05, 3.63) is 0 Å². The van der Waals surface area contributed by atoms with Gasteiger partial charge >= 0.3 is 0 Å². The molecule has 1 unspecified atom stereocenters.